The lowest BCUT2D eigenvalue weighted by Crippen LogP contribution is -2.45. The summed E-state index contributed by atoms with van der Waals surface area (Å²) in [5.41, 5.74) is 7.42. The third kappa shape index (κ3) is 3.28. The summed E-state index contributed by atoms with van der Waals surface area (Å²) in [6, 6.07) is 2.56. The van der Waals surface area contributed by atoms with Gasteiger partial charge in [-0.25, -0.2) is 0 Å². The van der Waals surface area contributed by atoms with Crippen molar-refractivity contribution in [2.24, 2.45) is 11.7 Å². The molecule has 1 fully saturated rings. The number of piperidine rings is 1. The number of thiophene rings is 1. The number of nitrogens with zero attached hydrogens (tertiary/aromatic N) is 1. The number of nitrogens with two attached hydrogens (primary N) is 1. The van der Waals surface area contributed by atoms with Crippen LogP contribution in [0.1, 0.15) is 18.9 Å². The second-order valence-electron chi connectivity index (χ2n) is 4.55. The SMILES string of the molecule is CC1CC(N)CN(Cc2csc(Br)c2)C1. The van der Waals surface area contributed by atoms with Crippen molar-refractivity contribution >= 4 is 27.3 Å². The van der Waals surface area contributed by atoms with E-state index in [9.17, 15) is 0 Å². The third-order valence-electron chi connectivity index (χ3n) is 2.80. The predicted octanol–water partition coefficient (Wildman–Crippen LogP) is 2.68. The van der Waals surface area contributed by atoms with Gasteiger partial charge in [0.2, 0.25) is 0 Å². The minimum absolute atomic E-state index is 0.357. The zero-order valence-corrected chi connectivity index (χ0v) is 11.4. The summed E-state index contributed by atoms with van der Waals surface area (Å²) in [6.45, 7) is 5.55. The minimum Gasteiger partial charge on any atom is -0.327 e. The number of hydrogen-bond donors (Lipinski definition) is 1. The van der Waals surface area contributed by atoms with E-state index in [1.807, 2.05) is 0 Å². The lowest BCUT2D eigenvalue weighted by Gasteiger charge is -2.34. The van der Waals surface area contributed by atoms with E-state index < -0.39 is 0 Å². The van der Waals surface area contributed by atoms with Crippen LogP contribution in [0.4, 0.5) is 0 Å². The van der Waals surface area contributed by atoms with Gasteiger partial charge in [0, 0.05) is 25.7 Å². The zero-order valence-electron chi connectivity index (χ0n) is 8.95. The Morgan fingerprint density at radius 2 is 2.40 bits per heavy atom. The van der Waals surface area contributed by atoms with E-state index in [1.165, 1.54) is 22.3 Å². The molecule has 0 aromatic carbocycles. The first-order chi connectivity index (χ1) is 7.13. The van der Waals surface area contributed by atoms with Crippen LogP contribution in [0.2, 0.25) is 0 Å². The Bertz CT molecular complexity index is 316. The molecule has 84 valence electrons. The van der Waals surface area contributed by atoms with Crippen LogP contribution in [-0.4, -0.2) is 24.0 Å². The maximum Gasteiger partial charge on any atom is 0.0701 e. The van der Waals surface area contributed by atoms with E-state index in [0.717, 1.165) is 19.0 Å². The maximum absolute atomic E-state index is 6.03. The van der Waals surface area contributed by atoms with Crippen LogP contribution in [0.15, 0.2) is 15.2 Å². The molecule has 1 aliphatic rings. The molecule has 2 atom stereocenters. The Labute approximate surface area is 104 Å². The fraction of sp³-hybridized carbons (Fsp3) is 0.636. The summed E-state index contributed by atoms with van der Waals surface area (Å²) >= 11 is 5.25. The molecule has 2 rings (SSSR count). The van der Waals surface area contributed by atoms with Crippen LogP contribution in [-0.2, 0) is 6.54 Å². The van der Waals surface area contributed by atoms with E-state index >= 15 is 0 Å². The van der Waals surface area contributed by atoms with Gasteiger partial charge in [-0.05, 0) is 45.3 Å². The Kier molecular flexibility index (Phi) is 3.83. The number of halogens is 1. The van der Waals surface area contributed by atoms with Crippen molar-refractivity contribution in [3.63, 3.8) is 0 Å². The van der Waals surface area contributed by atoms with Gasteiger partial charge in [-0.15, -0.1) is 11.3 Å². The first-order valence-corrected chi connectivity index (χ1v) is 7.01. The van der Waals surface area contributed by atoms with E-state index in [1.54, 1.807) is 11.3 Å². The van der Waals surface area contributed by atoms with Gasteiger partial charge < -0.3 is 5.73 Å². The highest BCUT2D eigenvalue weighted by Gasteiger charge is 2.22. The van der Waals surface area contributed by atoms with Gasteiger partial charge in [-0.3, -0.25) is 4.90 Å². The van der Waals surface area contributed by atoms with Gasteiger partial charge in [-0.1, -0.05) is 6.92 Å². The molecule has 0 amide bonds. The maximum atomic E-state index is 6.03. The molecule has 2 N–H and O–H groups in total. The third-order valence-corrected chi connectivity index (χ3v) is 4.35. The van der Waals surface area contributed by atoms with Crippen molar-refractivity contribution < 1.29 is 0 Å². The number of hydrogen-bond acceptors (Lipinski definition) is 3. The van der Waals surface area contributed by atoms with E-state index in [2.05, 4.69) is 39.2 Å². The van der Waals surface area contributed by atoms with Crippen molar-refractivity contribution in [3.05, 3.63) is 20.8 Å². The summed E-state index contributed by atoms with van der Waals surface area (Å²) in [5, 5.41) is 2.22. The monoisotopic (exact) mass is 288 g/mol. The summed E-state index contributed by atoms with van der Waals surface area (Å²) in [4.78, 5) is 2.47. The Morgan fingerprint density at radius 1 is 1.60 bits per heavy atom. The Balaban J connectivity index is 1.94. The van der Waals surface area contributed by atoms with Crippen LogP contribution in [0, 0.1) is 5.92 Å². The van der Waals surface area contributed by atoms with Gasteiger partial charge in [0.25, 0.3) is 0 Å². The van der Waals surface area contributed by atoms with Gasteiger partial charge in [0.05, 0.1) is 3.79 Å². The fourth-order valence-corrected chi connectivity index (χ4v) is 3.53. The quantitative estimate of drug-likeness (QED) is 0.907. The average Bonchev–Trinajstić information content (AvgIpc) is 2.49. The molecule has 0 bridgehead atoms. The largest absolute Gasteiger partial charge is 0.327 e. The summed E-state index contributed by atoms with van der Waals surface area (Å²) in [6.07, 6.45) is 1.17. The fourth-order valence-electron chi connectivity index (χ4n) is 2.33. The van der Waals surface area contributed by atoms with Crippen molar-refractivity contribution in [1.82, 2.24) is 4.90 Å². The van der Waals surface area contributed by atoms with E-state index in [4.69, 9.17) is 5.73 Å². The summed E-state index contributed by atoms with van der Waals surface area (Å²) in [7, 11) is 0. The molecule has 0 radical (unpaired) electrons. The van der Waals surface area contributed by atoms with E-state index in [-0.39, 0.29) is 0 Å². The van der Waals surface area contributed by atoms with Gasteiger partial charge in [0.1, 0.15) is 0 Å². The molecule has 1 aromatic rings. The molecule has 2 nitrogen and oxygen atoms in total. The lowest BCUT2D eigenvalue weighted by molar-refractivity contribution is 0.158. The number of likely N-dealkylation sites (tertiary alicyclic amines) is 1. The molecule has 1 saturated heterocycles. The first-order valence-electron chi connectivity index (χ1n) is 5.34. The summed E-state index contributed by atoms with van der Waals surface area (Å²) < 4.78 is 1.21. The van der Waals surface area contributed by atoms with Gasteiger partial charge >= 0.3 is 0 Å². The first kappa shape index (κ1) is 11.6. The molecular formula is C11H17BrN2S. The smallest absolute Gasteiger partial charge is 0.0701 e. The molecule has 0 saturated carbocycles. The van der Waals surface area contributed by atoms with Crippen LogP contribution < -0.4 is 5.73 Å². The Hall–Kier alpha value is 0.100. The summed E-state index contributed by atoms with van der Waals surface area (Å²) in [5.74, 6) is 0.732. The minimum atomic E-state index is 0.357. The predicted molar refractivity (Wildman–Crippen MR) is 69.1 cm³/mol. The van der Waals surface area contributed by atoms with Crippen molar-refractivity contribution in [1.29, 1.82) is 0 Å². The molecule has 2 heterocycles. The zero-order chi connectivity index (χ0) is 10.8. The molecule has 15 heavy (non-hydrogen) atoms. The molecule has 2 unspecified atom stereocenters. The second kappa shape index (κ2) is 4.95. The topological polar surface area (TPSA) is 29.3 Å². The van der Waals surface area contributed by atoms with Crippen LogP contribution >= 0.6 is 27.3 Å². The van der Waals surface area contributed by atoms with Gasteiger partial charge in [0.15, 0.2) is 0 Å². The Morgan fingerprint density at radius 3 is 3.00 bits per heavy atom. The molecule has 1 aliphatic heterocycles. The highest BCUT2D eigenvalue weighted by molar-refractivity contribution is 9.11. The van der Waals surface area contributed by atoms with Crippen molar-refractivity contribution in [2.75, 3.05) is 13.1 Å². The van der Waals surface area contributed by atoms with Crippen LogP contribution in [0.25, 0.3) is 0 Å². The van der Waals surface area contributed by atoms with Crippen LogP contribution in [0.5, 0.6) is 0 Å². The molecule has 4 heteroatoms. The molecule has 0 spiro atoms. The van der Waals surface area contributed by atoms with Gasteiger partial charge in [-0.2, -0.15) is 0 Å². The highest BCUT2D eigenvalue weighted by Crippen LogP contribution is 2.23. The standard InChI is InChI=1S/C11H17BrN2S/c1-8-2-10(13)6-14(4-8)5-9-3-11(12)15-7-9/h3,7-8,10H,2,4-6,13H2,1H3. The van der Waals surface area contributed by atoms with E-state index in [0.29, 0.717) is 6.04 Å². The van der Waals surface area contributed by atoms with Crippen LogP contribution in [0.3, 0.4) is 0 Å². The lowest BCUT2D eigenvalue weighted by atomic mass is 9.96. The average molecular weight is 289 g/mol. The molecular weight excluding hydrogens is 272 g/mol. The molecule has 1 aromatic heterocycles. The van der Waals surface area contributed by atoms with Crippen molar-refractivity contribution in [2.45, 2.75) is 25.9 Å². The normalized spacial score (nSPS) is 28.2. The number of rotatable bonds is 2. The highest BCUT2D eigenvalue weighted by atomic mass is 79.9. The van der Waals surface area contributed by atoms with Crippen molar-refractivity contribution in [3.8, 4) is 0 Å². The molecule has 0 aliphatic carbocycles. The second-order valence-corrected chi connectivity index (χ2v) is 6.84.